The fourth-order valence-corrected chi connectivity index (χ4v) is 2.22. The number of hydrogen-bond donors (Lipinski definition) is 0. The van der Waals surface area contributed by atoms with Crippen LogP contribution in [0, 0.1) is 5.21 Å². The van der Waals surface area contributed by atoms with E-state index in [-0.39, 0.29) is 10.6 Å². The van der Waals surface area contributed by atoms with Crippen LogP contribution in [0.25, 0.3) is 0 Å². The monoisotopic (exact) mass is 309 g/mol. The van der Waals surface area contributed by atoms with Gasteiger partial charge in [0.15, 0.2) is 6.10 Å². The Morgan fingerprint density at radius 2 is 1.77 bits per heavy atom. The van der Waals surface area contributed by atoms with Gasteiger partial charge in [0.05, 0.1) is 26.2 Å². The van der Waals surface area contributed by atoms with Crippen molar-refractivity contribution >= 4 is 17.7 Å². The number of nitrogens with zero attached hydrogens (tertiary/aromatic N) is 1. The zero-order chi connectivity index (χ0) is 16.3. The normalized spacial score (nSPS) is 20.3. The molecule has 1 aliphatic rings. The molecule has 1 aliphatic heterocycles. The molecule has 1 aromatic carbocycles. The number of methoxy groups -OCH3 is 3. The molecule has 0 spiro atoms. The van der Waals surface area contributed by atoms with Crippen LogP contribution < -0.4 is 4.74 Å². The maximum absolute atomic E-state index is 11.8. The average molecular weight is 309 g/mol. The van der Waals surface area contributed by atoms with Gasteiger partial charge in [0.1, 0.15) is 11.7 Å². The lowest BCUT2D eigenvalue weighted by molar-refractivity contribution is -0.736. The number of hydrogen-bond acceptors (Lipinski definition) is 7. The number of benzene rings is 1. The summed E-state index contributed by atoms with van der Waals surface area (Å²) in [6.45, 7) is 0. The molecule has 0 radical (unpaired) electrons. The van der Waals surface area contributed by atoms with Gasteiger partial charge in [-0.05, 0) is 17.7 Å². The van der Waals surface area contributed by atoms with Gasteiger partial charge >= 0.3 is 17.7 Å². The summed E-state index contributed by atoms with van der Waals surface area (Å²) in [5, 5.41) is 11.8. The molecule has 118 valence electrons. The molecule has 0 bridgehead atoms. The van der Waals surface area contributed by atoms with Crippen LogP contribution in [0.2, 0.25) is 0 Å². The molecule has 8 nitrogen and oxygen atoms in total. The molecule has 0 saturated heterocycles. The Morgan fingerprint density at radius 1 is 1.14 bits per heavy atom. The second-order valence-corrected chi connectivity index (χ2v) is 4.43. The fourth-order valence-electron chi connectivity index (χ4n) is 2.22. The van der Waals surface area contributed by atoms with Gasteiger partial charge in [-0.15, -0.1) is 0 Å². The largest absolute Gasteiger partial charge is 0.497 e. The molecule has 0 aliphatic carbocycles. The Balaban J connectivity index is 2.46. The third-order valence-corrected chi connectivity index (χ3v) is 3.31. The highest BCUT2D eigenvalue weighted by Gasteiger charge is 2.50. The molecule has 2 rings (SSSR count). The first-order chi connectivity index (χ1) is 10.5. The van der Waals surface area contributed by atoms with E-state index in [0.717, 1.165) is 7.11 Å². The van der Waals surface area contributed by atoms with E-state index in [2.05, 4.69) is 9.47 Å². The number of carbonyl (C=O) groups is 2. The summed E-state index contributed by atoms with van der Waals surface area (Å²) >= 11 is 0. The molecular formula is C14H15NO7. The fraction of sp³-hybridized carbons (Fsp3) is 0.357. The summed E-state index contributed by atoms with van der Waals surface area (Å²) in [6.07, 6.45) is -1.26. The molecular weight excluding hydrogens is 294 g/mol. The standard InChI is InChI=1S/C14H15NO7/c1-19-9-6-4-8(5-7-9)10-11(13(16)20-2)15(18)22-12(10)14(17)21-3/h4-7,10,12H,1-3H3/t10-,12-/m1/s1. The van der Waals surface area contributed by atoms with Crippen LogP contribution in [0.15, 0.2) is 24.3 Å². The van der Waals surface area contributed by atoms with Crippen molar-refractivity contribution in [1.29, 1.82) is 0 Å². The Labute approximate surface area is 126 Å². The quantitative estimate of drug-likeness (QED) is 0.586. The second kappa shape index (κ2) is 6.33. The van der Waals surface area contributed by atoms with Crippen LogP contribution in [0.5, 0.6) is 5.75 Å². The van der Waals surface area contributed by atoms with E-state index in [4.69, 9.17) is 9.57 Å². The molecule has 1 heterocycles. The molecule has 22 heavy (non-hydrogen) atoms. The van der Waals surface area contributed by atoms with E-state index in [1.807, 2.05) is 0 Å². The van der Waals surface area contributed by atoms with E-state index in [1.54, 1.807) is 24.3 Å². The highest BCUT2D eigenvalue weighted by Crippen LogP contribution is 2.31. The molecule has 0 amide bonds. The third-order valence-electron chi connectivity index (χ3n) is 3.31. The van der Waals surface area contributed by atoms with Gasteiger partial charge in [-0.25, -0.2) is 4.79 Å². The Morgan fingerprint density at radius 3 is 2.27 bits per heavy atom. The summed E-state index contributed by atoms with van der Waals surface area (Å²) in [6, 6.07) is 6.55. The predicted octanol–water partition coefficient (Wildman–Crippen LogP) is 0.390. The minimum atomic E-state index is -1.26. The van der Waals surface area contributed by atoms with Crippen molar-refractivity contribution in [3.8, 4) is 5.75 Å². The molecule has 0 aromatic heterocycles. The van der Waals surface area contributed by atoms with Crippen LogP contribution in [-0.4, -0.2) is 50.0 Å². The number of esters is 2. The van der Waals surface area contributed by atoms with E-state index >= 15 is 0 Å². The highest BCUT2D eigenvalue weighted by molar-refractivity contribution is 6.37. The highest BCUT2D eigenvalue weighted by atomic mass is 16.9. The summed E-state index contributed by atoms with van der Waals surface area (Å²) in [5.41, 5.74) is 0.206. The Bertz CT molecular complexity index is 608. The van der Waals surface area contributed by atoms with Crippen molar-refractivity contribution in [2.45, 2.75) is 12.0 Å². The van der Waals surface area contributed by atoms with Crippen molar-refractivity contribution in [3.63, 3.8) is 0 Å². The van der Waals surface area contributed by atoms with Crippen molar-refractivity contribution in [2.24, 2.45) is 0 Å². The van der Waals surface area contributed by atoms with Gasteiger partial charge in [0, 0.05) is 0 Å². The summed E-state index contributed by atoms with van der Waals surface area (Å²) in [5.74, 6) is -1.97. The molecule has 1 aromatic rings. The van der Waals surface area contributed by atoms with Crippen LogP contribution in [0.4, 0.5) is 0 Å². The Hall–Kier alpha value is -2.77. The topological polar surface area (TPSA) is 97.1 Å². The minimum absolute atomic E-state index is 0.00230. The molecule has 0 fully saturated rings. The van der Waals surface area contributed by atoms with Crippen molar-refractivity contribution in [1.82, 2.24) is 0 Å². The van der Waals surface area contributed by atoms with E-state index < -0.39 is 24.0 Å². The first-order valence-corrected chi connectivity index (χ1v) is 6.34. The lowest BCUT2D eigenvalue weighted by atomic mass is 9.89. The number of ether oxygens (including phenoxy) is 3. The number of rotatable bonds is 4. The van der Waals surface area contributed by atoms with Crippen LogP contribution in [0.1, 0.15) is 11.5 Å². The summed E-state index contributed by atoms with van der Waals surface area (Å²) in [7, 11) is 3.82. The zero-order valence-corrected chi connectivity index (χ0v) is 12.3. The SMILES string of the molecule is COC(=O)C1=[N+]([O-])O[C@@H](C(=O)OC)[C@@H]1c1ccc(OC)cc1. The van der Waals surface area contributed by atoms with Crippen LogP contribution in [-0.2, 0) is 23.9 Å². The molecule has 2 atom stereocenters. The van der Waals surface area contributed by atoms with Gasteiger partial charge in [-0.1, -0.05) is 12.1 Å². The molecule has 0 saturated carbocycles. The second-order valence-electron chi connectivity index (χ2n) is 4.43. The van der Waals surface area contributed by atoms with E-state index in [1.165, 1.54) is 14.2 Å². The first kappa shape index (κ1) is 15.6. The Kier molecular flexibility index (Phi) is 4.50. The third kappa shape index (κ3) is 2.67. The van der Waals surface area contributed by atoms with E-state index in [0.29, 0.717) is 11.3 Å². The summed E-state index contributed by atoms with van der Waals surface area (Å²) in [4.78, 5) is 28.6. The first-order valence-electron chi connectivity index (χ1n) is 6.34. The van der Waals surface area contributed by atoms with Crippen molar-refractivity contribution in [2.75, 3.05) is 21.3 Å². The number of carbonyl (C=O) groups excluding carboxylic acids is 2. The lowest BCUT2D eigenvalue weighted by Crippen LogP contribution is -2.33. The van der Waals surface area contributed by atoms with Crippen molar-refractivity contribution < 1.29 is 33.5 Å². The van der Waals surface area contributed by atoms with Crippen LogP contribution >= 0.6 is 0 Å². The van der Waals surface area contributed by atoms with Crippen molar-refractivity contribution in [3.05, 3.63) is 35.0 Å². The van der Waals surface area contributed by atoms with Crippen LogP contribution in [0.3, 0.4) is 0 Å². The lowest BCUT2D eigenvalue weighted by Gasteiger charge is -2.16. The average Bonchev–Trinajstić information content (AvgIpc) is 2.90. The van der Waals surface area contributed by atoms with Gasteiger partial charge in [-0.2, -0.15) is 0 Å². The molecule has 0 N–H and O–H groups in total. The maximum Gasteiger partial charge on any atom is 0.405 e. The predicted molar refractivity (Wildman–Crippen MR) is 73.3 cm³/mol. The maximum atomic E-state index is 11.8. The smallest absolute Gasteiger partial charge is 0.405 e. The van der Waals surface area contributed by atoms with Gasteiger partial charge in [0.25, 0.3) is 0 Å². The molecule has 0 unspecified atom stereocenters. The molecule has 8 heteroatoms. The zero-order valence-electron chi connectivity index (χ0n) is 12.3. The van der Waals surface area contributed by atoms with Gasteiger partial charge < -0.3 is 19.0 Å². The minimum Gasteiger partial charge on any atom is -0.497 e. The van der Waals surface area contributed by atoms with Gasteiger partial charge in [0.2, 0.25) is 0 Å². The van der Waals surface area contributed by atoms with Gasteiger partial charge in [-0.3, -0.25) is 10.0 Å². The summed E-state index contributed by atoms with van der Waals surface area (Å²) < 4.78 is 14.3. The van der Waals surface area contributed by atoms with E-state index in [9.17, 15) is 14.8 Å².